The van der Waals surface area contributed by atoms with Crippen molar-refractivity contribution in [2.45, 2.75) is 26.8 Å². The summed E-state index contributed by atoms with van der Waals surface area (Å²) in [6.07, 6.45) is 0. The van der Waals surface area contributed by atoms with Crippen LogP contribution in [0.3, 0.4) is 0 Å². The summed E-state index contributed by atoms with van der Waals surface area (Å²) in [6.45, 7) is 6.49. The minimum absolute atomic E-state index is 0.119. The number of amides is 1. The first-order valence-corrected chi connectivity index (χ1v) is 8.78. The summed E-state index contributed by atoms with van der Waals surface area (Å²) in [5, 5.41) is 5.81. The van der Waals surface area contributed by atoms with Crippen molar-refractivity contribution in [1.82, 2.24) is 0 Å². The maximum atomic E-state index is 12.3. The van der Waals surface area contributed by atoms with E-state index in [1.807, 2.05) is 36.5 Å². The van der Waals surface area contributed by atoms with Crippen molar-refractivity contribution >= 4 is 34.8 Å². The van der Waals surface area contributed by atoms with E-state index in [2.05, 4.69) is 31.3 Å². The zero-order valence-electron chi connectivity index (χ0n) is 14.1. The lowest BCUT2D eigenvalue weighted by Gasteiger charge is -2.19. The minimum atomic E-state index is -0.119. The van der Waals surface area contributed by atoms with Crippen LogP contribution in [-0.2, 0) is 4.79 Å². The van der Waals surface area contributed by atoms with Crippen molar-refractivity contribution in [3.8, 4) is 0 Å². The van der Waals surface area contributed by atoms with Crippen LogP contribution in [0.2, 0.25) is 10.0 Å². The minimum Gasteiger partial charge on any atom is -0.332 e. The van der Waals surface area contributed by atoms with Crippen molar-refractivity contribution in [3.05, 3.63) is 63.6 Å². The zero-order chi connectivity index (χ0) is 17.7. The molecule has 0 aliphatic rings. The van der Waals surface area contributed by atoms with E-state index in [0.717, 1.165) is 5.56 Å². The number of hydrogen-bond acceptors (Lipinski definition) is 1. The van der Waals surface area contributed by atoms with E-state index in [0.29, 0.717) is 28.2 Å². The second-order valence-electron chi connectivity index (χ2n) is 6.22. The lowest BCUT2D eigenvalue weighted by molar-refractivity contribution is -0.692. The molecular formula is C19H23Cl2N2O+. The maximum absolute atomic E-state index is 12.3. The fourth-order valence-electron chi connectivity index (χ4n) is 2.66. The molecule has 3 nitrogen and oxygen atoms in total. The summed E-state index contributed by atoms with van der Waals surface area (Å²) in [5.41, 5.74) is 2.58. The van der Waals surface area contributed by atoms with Crippen molar-refractivity contribution < 1.29 is 10.1 Å². The number of rotatable bonds is 6. The number of nitrogens with one attached hydrogen (secondary N) is 1. The van der Waals surface area contributed by atoms with Gasteiger partial charge in [0.1, 0.15) is 6.04 Å². The molecule has 1 atom stereocenters. The van der Waals surface area contributed by atoms with E-state index in [1.54, 1.807) is 6.07 Å². The van der Waals surface area contributed by atoms with Crippen molar-refractivity contribution in [3.63, 3.8) is 0 Å². The van der Waals surface area contributed by atoms with Crippen molar-refractivity contribution in [2.24, 2.45) is 5.92 Å². The van der Waals surface area contributed by atoms with Gasteiger partial charge in [0.2, 0.25) is 0 Å². The first-order chi connectivity index (χ1) is 11.4. The lowest BCUT2D eigenvalue weighted by atomic mass is 9.96. The van der Waals surface area contributed by atoms with Crippen LogP contribution in [0.1, 0.15) is 31.0 Å². The highest BCUT2D eigenvalue weighted by atomic mass is 35.5. The number of anilines is 1. The van der Waals surface area contributed by atoms with Gasteiger partial charge in [0.15, 0.2) is 6.54 Å². The van der Waals surface area contributed by atoms with Gasteiger partial charge in [0, 0.05) is 11.5 Å². The van der Waals surface area contributed by atoms with Crippen molar-refractivity contribution in [1.29, 1.82) is 0 Å². The third-order valence-electron chi connectivity index (χ3n) is 4.01. The Morgan fingerprint density at radius 3 is 2.42 bits per heavy atom. The molecule has 2 aromatic rings. The highest BCUT2D eigenvalue weighted by molar-refractivity contribution is 6.40. The number of quaternary nitrogens is 1. The van der Waals surface area contributed by atoms with E-state index in [1.165, 1.54) is 5.56 Å². The van der Waals surface area contributed by atoms with E-state index >= 15 is 0 Å². The van der Waals surface area contributed by atoms with Crippen molar-refractivity contribution in [2.75, 3.05) is 11.9 Å². The summed E-state index contributed by atoms with van der Waals surface area (Å²) in [7, 11) is 0. The normalized spacial score (nSPS) is 12.2. The summed E-state index contributed by atoms with van der Waals surface area (Å²) < 4.78 is 0. The third kappa shape index (κ3) is 4.73. The van der Waals surface area contributed by atoms with Crippen LogP contribution in [0.15, 0.2) is 42.5 Å². The Bertz CT molecular complexity index is 702. The van der Waals surface area contributed by atoms with Crippen LogP contribution < -0.4 is 10.6 Å². The molecule has 5 heteroatoms. The summed E-state index contributed by atoms with van der Waals surface area (Å²) >= 11 is 12.4. The maximum Gasteiger partial charge on any atom is 0.279 e. The second kappa shape index (κ2) is 8.52. The Morgan fingerprint density at radius 2 is 1.79 bits per heavy atom. The van der Waals surface area contributed by atoms with Gasteiger partial charge in [-0.05, 0) is 18.6 Å². The van der Waals surface area contributed by atoms with E-state index < -0.39 is 0 Å². The van der Waals surface area contributed by atoms with Gasteiger partial charge in [-0.25, -0.2) is 0 Å². The molecule has 0 aliphatic carbocycles. The predicted octanol–water partition coefficient (Wildman–Crippen LogP) is 4.20. The molecule has 2 rings (SSSR count). The van der Waals surface area contributed by atoms with Gasteiger partial charge in [-0.15, -0.1) is 0 Å². The Morgan fingerprint density at radius 1 is 1.12 bits per heavy atom. The predicted molar refractivity (Wildman–Crippen MR) is 101 cm³/mol. The number of hydrogen-bond donors (Lipinski definition) is 2. The molecule has 0 heterocycles. The molecule has 0 saturated heterocycles. The van der Waals surface area contributed by atoms with Gasteiger partial charge in [-0.2, -0.15) is 0 Å². The monoisotopic (exact) mass is 365 g/mol. The molecule has 0 saturated carbocycles. The fourth-order valence-corrected chi connectivity index (χ4v) is 3.13. The molecule has 0 aliphatic heterocycles. The van der Waals surface area contributed by atoms with Gasteiger partial charge < -0.3 is 10.6 Å². The lowest BCUT2D eigenvalue weighted by Crippen LogP contribution is -2.88. The van der Waals surface area contributed by atoms with Crippen LogP contribution in [-0.4, -0.2) is 12.5 Å². The molecule has 0 unspecified atom stereocenters. The van der Waals surface area contributed by atoms with Gasteiger partial charge in [0.05, 0.1) is 15.7 Å². The highest BCUT2D eigenvalue weighted by Gasteiger charge is 2.21. The Labute approximate surface area is 153 Å². The Hall–Kier alpha value is -1.55. The first kappa shape index (κ1) is 18.8. The van der Waals surface area contributed by atoms with Crippen LogP contribution in [0.5, 0.6) is 0 Å². The van der Waals surface area contributed by atoms with Crippen LogP contribution in [0.25, 0.3) is 0 Å². The number of aryl methyl sites for hydroxylation is 1. The smallest absolute Gasteiger partial charge is 0.279 e. The SMILES string of the molecule is Cc1ccc(Cl)c(NC(=O)C[NH2+][C@H](c2ccccc2)C(C)C)c1Cl. The summed E-state index contributed by atoms with van der Waals surface area (Å²) in [4.78, 5) is 12.3. The topological polar surface area (TPSA) is 45.7 Å². The molecule has 0 spiro atoms. The average Bonchev–Trinajstić information content (AvgIpc) is 2.56. The third-order valence-corrected chi connectivity index (χ3v) is 4.81. The standard InChI is InChI=1S/C19H22Cl2N2O/c1-12(2)18(14-7-5-4-6-8-14)22-11-16(24)23-19-15(20)10-9-13(3)17(19)21/h4-10,12,18,22H,11H2,1-3H3,(H,23,24)/p+1/t18-/m0/s1. The quantitative estimate of drug-likeness (QED) is 0.791. The van der Waals surface area contributed by atoms with Crippen LogP contribution in [0.4, 0.5) is 5.69 Å². The van der Waals surface area contributed by atoms with E-state index in [4.69, 9.17) is 23.2 Å². The van der Waals surface area contributed by atoms with Gasteiger partial charge in [-0.3, -0.25) is 4.79 Å². The Kier molecular flexibility index (Phi) is 6.67. The number of carbonyl (C=O) groups excluding carboxylic acids is 1. The molecule has 2 aromatic carbocycles. The molecule has 3 N–H and O–H groups in total. The second-order valence-corrected chi connectivity index (χ2v) is 7.01. The molecule has 0 bridgehead atoms. The van der Waals surface area contributed by atoms with Gasteiger partial charge >= 0.3 is 0 Å². The summed E-state index contributed by atoms with van der Waals surface area (Å²) in [6, 6.07) is 14.0. The molecule has 128 valence electrons. The molecule has 1 amide bonds. The molecule has 0 radical (unpaired) electrons. The Balaban J connectivity index is 2.04. The van der Waals surface area contributed by atoms with Gasteiger partial charge in [-0.1, -0.05) is 73.4 Å². The first-order valence-electron chi connectivity index (χ1n) is 8.03. The van der Waals surface area contributed by atoms with E-state index in [9.17, 15) is 4.79 Å². The number of halogens is 2. The fraction of sp³-hybridized carbons (Fsp3) is 0.316. The number of carbonyl (C=O) groups is 1. The number of benzene rings is 2. The molecule has 0 fully saturated rings. The van der Waals surface area contributed by atoms with Crippen LogP contribution in [0, 0.1) is 12.8 Å². The largest absolute Gasteiger partial charge is 0.332 e. The number of nitrogens with two attached hydrogens (primary N) is 1. The molecular weight excluding hydrogens is 343 g/mol. The average molecular weight is 366 g/mol. The molecule has 0 aromatic heterocycles. The highest BCUT2D eigenvalue weighted by Crippen LogP contribution is 2.32. The molecule has 24 heavy (non-hydrogen) atoms. The summed E-state index contributed by atoms with van der Waals surface area (Å²) in [5.74, 6) is 0.289. The zero-order valence-corrected chi connectivity index (χ0v) is 15.7. The van der Waals surface area contributed by atoms with Gasteiger partial charge in [0.25, 0.3) is 5.91 Å². The van der Waals surface area contributed by atoms with Crippen LogP contribution >= 0.6 is 23.2 Å². The van der Waals surface area contributed by atoms with E-state index in [-0.39, 0.29) is 11.9 Å².